The van der Waals surface area contributed by atoms with E-state index in [0.717, 1.165) is 12.1 Å². The molecule has 0 saturated carbocycles. The molecule has 0 radical (unpaired) electrons. The Morgan fingerprint density at radius 3 is 2.56 bits per heavy atom. The average Bonchev–Trinajstić information content (AvgIpc) is 2.24. The van der Waals surface area contributed by atoms with Gasteiger partial charge in [-0.3, -0.25) is 0 Å². The molecule has 0 bridgehead atoms. The van der Waals surface area contributed by atoms with E-state index >= 15 is 0 Å². The molecule has 16 heavy (non-hydrogen) atoms. The summed E-state index contributed by atoms with van der Waals surface area (Å²) in [5.41, 5.74) is -0.293. The van der Waals surface area contributed by atoms with Crippen molar-refractivity contribution in [1.82, 2.24) is 0 Å². The Labute approximate surface area is 97.3 Å². The van der Waals surface area contributed by atoms with Crippen LogP contribution in [0.5, 0.6) is 5.75 Å². The fraction of sp³-hybridized carbons (Fsp3) is 0.273. The predicted octanol–water partition coefficient (Wildman–Crippen LogP) is 3.66. The summed E-state index contributed by atoms with van der Waals surface area (Å²) in [6.07, 6.45) is -1.13. The van der Waals surface area contributed by atoms with Gasteiger partial charge in [-0.1, -0.05) is 12.2 Å². The molecule has 0 N–H and O–H groups in total. The number of halogens is 3. The second-order valence-electron chi connectivity index (χ2n) is 3.04. The van der Waals surface area contributed by atoms with E-state index in [1.807, 2.05) is 0 Å². The average molecular weight is 248 g/mol. The van der Waals surface area contributed by atoms with E-state index in [-0.39, 0.29) is 0 Å². The van der Waals surface area contributed by atoms with Gasteiger partial charge in [0.2, 0.25) is 0 Å². The summed E-state index contributed by atoms with van der Waals surface area (Å²) in [5, 5.41) is 0. The summed E-state index contributed by atoms with van der Waals surface area (Å²) >= 11 is 3.95. The van der Waals surface area contributed by atoms with Gasteiger partial charge in [0, 0.05) is 11.3 Å². The zero-order valence-corrected chi connectivity index (χ0v) is 9.48. The SMILES string of the molecule is COc1ccc(C(F)(F)F)cc1C=CCS. The second kappa shape index (κ2) is 5.30. The van der Waals surface area contributed by atoms with Crippen LogP contribution >= 0.6 is 12.6 Å². The maximum atomic E-state index is 12.4. The lowest BCUT2D eigenvalue weighted by Crippen LogP contribution is -2.05. The van der Waals surface area contributed by atoms with Crippen LogP contribution in [0.25, 0.3) is 6.08 Å². The minimum atomic E-state index is -4.34. The van der Waals surface area contributed by atoms with Gasteiger partial charge in [-0.2, -0.15) is 25.8 Å². The van der Waals surface area contributed by atoms with Gasteiger partial charge in [0.1, 0.15) is 5.75 Å². The van der Waals surface area contributed by atoms with Crippen LogP contribution in [0.2, 0.25) is 0 Å². The highest BCUT2D eigenvalue weighted by Crippen LogP contribution is 2.32. The standard InChI is InChI=1S/C11H11F3OS/c1-15-10-5-4-9(11(12,13)14)7-8(10)3-2-6-16/h2-5,7,16H,6H2,1H3. The minimum Gasteiger partial charge on any atom is -0.496 e. The van der Waals surface area contributed by atoms with E-state index < -0.39 is 11.7 Å². The summed E-state index contributed by atoms with van der Waals surface area (Å²) < 4.78 is 42.3. The Morgan fingerprint density at radius 1 is 1.38 bits per heavy atom. The molecule has 0 aromatic heterocycles. The predicted molar refractivity (Wildman–Crippen MR) is 60.9 cm³/mol. The fourth-order valence-electron chi connectivity index (χ4n) is 1.22. The Kier molecular flexibility index (Phi) is 4.29. The van der Waals surface area contributed by atoms with E-state index in [9.17, 15) is 13.2 Å². The maximum Gasteiger partial charge on any atom is 0.416 e. The Morgan fingerprint density at radius 2 is 2.06 bits per heavy atom. The summed E-state index contributed by atoms with van der Waals surface area (Å²) in [6, 6.07) is 3.36. The van der Waals surface area contributed by atoms with Crippen LogP contribution in [0, 0.1) is 0 Å². The molecule has 0 atom stereocenters. The first-order chi connectivity index (χ1) is 7.49. The molecule has 0 aliphatic rings. The van der Waals surface area contributed by atoms with Gasteiger partial charge in [-0.25, -0.2) is 0 Å². The van der Waals surface area contributed by atoms with Gasteiger partial charge in [-0.05, 0) is 18.2 Å². The lowest BCUT2D eigenvalue weighted by Gasteiger charge is -2.10. The molecule has 0 fully saturated rings. The molecule has 1 rings (SSSR count). The van der Waals surface area contributed by atoms with E-state index in [1.54, 1.807) is 12.2 Å². The van der Waals surface area contributed by atoms with Crippen molar-refractivity contribution in [2.75, 3.05) is 12.9 Å². The first-order valence-electron chi connectivity index (χ1n) is 4.51. The lowest BCUT2D eigenvalue weighted by atomic mass is 10.1. The summed E-state index contributed by atoms with van der Waals surface area (Å²) in [7, 11) is 1.42. The molecule has 0 amide bonds. The van der Waals surface area contributed by atoms with Crippen molar-refractivity contribution in [2.24, 2.45) is 0 Å². The van der Waals surface area contributed by atoms with Gasteiger partial charge >= 0.3 is 6.18 Å². The molecule has 1 nitrogen and oxygen atoms in total. The number of hydrogen-bond donors (Lipinski definition) is 1. The molecule has 0 spiro atoms. The van der Waals surface area contributed by atoms with Crippen LogP contribution < -0.4 is 4.74 Å². The number of hydrogen-bond acceptors (Lipinski definition) is 2. The number of ether oxygens (including phenoxy) is 1. The third-order valence-corrected chi connectivity index (χ3v) is 2.17. The third-order valence-electron chi connectivity index (χ3n) is 1.96. The minimum absolute atomic E-state index is 0.395. The summed E-state index contributed by atoms with van der Waals surface area (Å²) in [5.74, 6) is 0.866. The summed E-state index contributed by atoms with van der Waals surface area (Å²) in [4.78, 5) is 0. The molecular weight excluding hydrogens is 237 g/mol. The van der Waals surface area contributed by atoms with Gasteiger partial charge < -0.3 is 4.74 Å². The van der Waals surface area contributed by atoms with Crippen molar-refractivity contribution < 1.29 is 17.9 Å². The van der Waals surface area contributed by atoms with Crippen LogP contribution in [-0.2, 0) is 6.18 Å². The molecule has 5 heteroatoms. The molecule has 0 heterocycles. The zero-order valence-electron chi connectivity index (χ0n) is 8.58. The van der Waals surface area contributed by atoms with Gasteiger partial charge in [0.15, 0.2) is 0 Å². The first kappa shape index (κ1) is 13.0. The first-order valence-corrected chi connectivity index (χ1v) is 5.15. The van der Waals surface area contributed by atoms with E-state index in [0.29, 0.717) is 17.1 Å². The van der Waals surface area contributed by atoms with Gasteiger partial charge in [0.25, 0.3) is 0 Å². The molecule has 0 aliphatic heterocycles. The van der Waals surface area contributed by atoms with Crippen molar-refractivity contribution in [2.45, 2.75) is 6.18 Å². The van der Waals surface area contributed by atoms with Crippen molar-refractivity contribution in [1.29, 1.82) is 0 Å². The maximum absolute atomic E-state index is 12.4. The van der Waals surface area contributed by atoms with Crippen molar-refractivity contribution in [3.05, 3.63) is 35.4 Å². The Hall–Kier alpha value is -1.10. The summed E-state index contributed by atoms with van der Waals surface area (Å²) in [6.45, 7) is 0. The van der Waals surface area contributed by atoms with E-state index in [4.69, 9.17) is 4.74 Å². The highest BCUT2D eigenvalue weighted by atomic mass is 32.1. The van der Waals surface area contributed by atoms with Crippen molar-refractivity contribution in [3.8, 4) is 5.75 Å². The molecule has 0 saturated heterocycles. The number of benzene rings is 1. The van der Waals surface area contributed by atoms with E-state index in [1.165, 1.54) is 13.2 Å². The quantitative estimate of drug-likeness (QED) is 0.803. The third kappa shape index (κ3) is 3.20. The molecule has 1 aromatic rings. The number of rotatable bonds is 3. The van der Waals surface area contributed by atoms with Crippen molar-refractivity contribution in [3.63, 3.8) is 0 Å². The Balaban J connectivity index is 3.16. The lowest BCUT2D eigenvalue weighted by molar-refractivity contribution is -0.137. The van der Waals surface area contributed by atoms with Crippen LogP contribution in [-0.4, -0.2) is 12.9 Å². The molecule has 0 unspecified atom stereocenters. The van der Waals surface area contributed by atoms with E-state index in [2.05, 4.69) is 12.6 Å². The highest BCUT2D eigenvalue weighted by molar-refractivity contribution is 7.80. The molecule has 0 aliphatic carbocycles. The number of alkyl halides is 3. The highest BCUT2D eigenvalue weighted by Gasteiger charge is 2.30. The number of methoxy groups -OCH3 is 1. The fourth-order valence-corrected chi connectivity index (χ4v) is 1.33. The monoisotopic (exact) mass is 248 g/mol. The molecule has 88 valence electrons. The van der Waals surface area contributed by atoms with Crippen LogP contribution in [0.4, 0.5) is 13.2 Å². The molecule has 1 aromatic carbocycles. The van der Waals surface area contributed by atoms with Crippen LogP contribution in [0.1, 0.15) is 11.1 Å². The smallest absolute Gasteiger partial charge is 0.416 e. The van der Waals surface area contributed by atoms with Crippen LogP contribution in [0.3, 0.4) is 0 Å². The zero-order chi connectivity index (χ0) is 12.2. The normalized spacial score (nSPS) is 12.1. The number of thiol groups is 1. The van der Waals surface area contributed by atoms with Gasteiger partial charge in [0.05, 0.1) is 12.7 Å². The largest absolute Gasteiger partial charge is 0.496 e. The van der Waals surface area contributed by atoms with Gasteiger partial charge in [-0.15, -0.1) is 0 Å². The topological polar surface area (TPSA) is 9.23 Å². The Bertz CT molecular complexity index is 385. The van der Waals surface area contributed by atoms with Crippen LogP contribution in [0.15, 0.2) is 24.3 Å². The second-order valence-corrected chi connectivity index (χ2v) is 3.40. The molecular formula is C11H11F3OS. The van der Waals surface area contributed by atoms with Crippen molar-refractivity contribution >= 4 is 18.7 Å².